The summed E-state index contributed by atoms with van der Waals surface area (Å²) >= 11 is 1.32. The third kappa shape index (κ3) is 3.85. The molecule has 0 atom stereocenters. The Morgan fingerprint density at radius 2 is 1.78 bits per heavy atom. The van der Waals surface area contributed by atoms with Gasteiger partial charge in [-0.05, 0) is 46.3 Å². The molecule has 3 aromatic rings. The number of sulfone groups is 1. The first-order chi connectivity index (χ1) is 12.3. The van der Waals surface area contributed by atoms with Crippen LogP contribution in [0.4, 0.5) is 0 Å². The smallest absolute Gasteiger partial charge is 0.213 e. The molecule has 0 aliphatic heterocycles. The van der Waals surface area contributed by atoms with Crippen LogP contribution in [0.15, 0.2) is 45.1 Å². The summed E-state index contributed by atoms with van der Waals surface area (Å²) in [7, 11) is 0.270. The number of benzene rings is 1. The van der Waals surface area contributed by atoms with Crippen LogP contribution in [0.3, 0.4) is 0 Å². The SMILES string of the molecule is CSc1nn2c(C)c(CN(C)C)c(C)nc2c1S(=O)(=O)c1ccccc1.Cl. The highest BCUT2D eigenvalue weighted by Gasteiger charge is 2.29. The second-order valence-corrected chi connectivity index (χ2v) is 9.07. The van der Waals surface area contributed by atoms with Gasteiger partial charge in [-0.3, -0.25) is 0 Å². The fourth-order valence-electron chi connectivity index (χ4n) is 2.95. The maximum Gasteiger partial charge on any atom is 0.213 e. The Morgan fingerprint density at radius 3 is 2.33 bits per heavy atom. The molecule has 2 heterocycles. The zero-order valence-electron chi connectivity index (χ0n) is 15.9. The van der Waals surface area contributed by atoms with Crippen LogP contribution in [0, 0.1) is 13.8 Å². The van der Waals surface area contributed by atoms with Crippen molar-refractivity contribution in [2.45, 2.75) is 35.2 Å². The Labute approximate surface area is 170 Å². The minimum Gasteiger partial charge on any atom is -0.305 e. The molecule has 0 unspecified atom stereocenters. The summed E-state index contributed by atoms with van der Waals surface area (Å²) in [5.74, 6) is 0. The van der Waals surface area contributed by atoms with Crippen LogP contribution in [-0.2, 0) is 16.4 Å². The summed E-state index contributed by atoms with van der Waals surface area (Å²) in [4.78, 5) is 7.12. The molecule has 0 N–H and O–H groups in total. The molecular weight excluding hydrogens is 404 g/mol. The molecule has 0 amide bonds. The Morgan fingerprint density at radius 1 is 1.15 bits per heavy atom. The van der Waals surface area contributed by atoms with E-state index in [1.165, 1.54) is 11.8 Å². The molecule has 0 saturated carbocycles. The van der Waals surface area contributed by atoms with E-state index in [0.717, 1.165) is 23.5 Å². The number of fused-ring (bicyclic) bond motifs is 1. The molecule has 0 radical (unpaired) electrons. The molecule has 1 aromatic carbocycles. The van der Waals surface area contributed by atoms with Gasteiger partial charge in [-0.25, -0.2) is 17.9 Å². The van der Waals surface area contributed by atoms with E-state index in [-0.39, 0.29) is 22.2 Å². The maximum absolute atomic E-state index is 13.3. The molecule has 0 bridgehead atoms. The van der Waals surface area contributed by atoms with Crippen molar-refractivity contribution in [3.05, 3.63) is 47.3 Å². The van der Waals surface area contributed by atoms with Crippen molar-refractivity contribution >= 4 is 39.7 Å². The molecule has 0 aliphatic carbocycles. The molecule has 146 valence electrons. The third-order valence-corrected chi connectivity index (χ3v) is 6.85. The minimum atomic E-state index is -3.71. The lowest BCUT2D eigenvalue weighted by molar-refractivity contribution is 0.398. The zero-order chi connectivity index (χ0) is 19.1. The molecule has 0 aliphatic rings. The first-order valence-electron chi connectivity index (χ1n) is 8.15. The Bertz CT molecular complexity index is 1060. The first kappa shape index (κ1) is 21.7. The van der Waals surface area contributed by atoms with E-state index in [2.05, 4.69) is 15.0 Å². The Kier molecular flexibility index (Phi) is 6.57. The van der Waals surface area contributed by atoms with E-state index in [4.69, 9.17) is 0 Å². The monoisotopic (exact) mass is 426 g/mol. The van der Waals surface area contributed by atoms with Crippen LogP contribution >= 0.6 is 24.2 Å². The molecule has 0 fully saturated rings. The van der Waals surface area contributed by atoms with Crippen LogP contribution in [0.5, 0.6) is 0 Å². The highest BCUT2D eigenvalue weighted by atomic mass is 35.5. The average Bonchev–Trinajstić information content (AvgIpc) is 2.98. The van der Waals surface area contributed by atoms with Gasteiger partial charge in [-0.15, -0.1) is 24.2 Å². The number of halogens is 1. The standard InChI is InChI=1S/C18H22N4O2S2.ClH/c1-12-15(11-21(3)4)13(2)22-17(19-12)16(18(20-22)25-5)26(23,24)14-9-7-6-8-10-14;/h6-10H,11H2,1-5H3;1H. The Balaban J connectivity index is 0.00000261. The fraction of sp³-hybridized carbons (Fsp3) is 0.333. The minimum absolute atomic E-state index is 0. The molecule has 9 heteroatoms. The number of rotatable bonds is 5. The topological polar surface area (TPSA) is 67.6 Å². The Hall–Kier alpha value is -1.61. The first-order valence-corrected chi connectivity index (χ1v) is 10.9. The molecule has 2 aromatic heterocycles. The lowest BCUT2D eigenvalue weighted by Crippen LogP contribution is -2.16. The predicted octanol–water partition coefficient (Wildman–Crippen LogP) is 3.38. The normalized spacial score (nSPS) is 11.8. The van der Waals surface area contributed by atoms with Crippen molar-refractivity contribution < 1.29 is 8.42 Å². The summed E-state index contributed by atoms with van der Waals surface area (Å²) < 4.78 is 28.2. The number of thioether (sulfide) groups is 1. The van der Waals surface area contributed by atoms with Gasteiger partial charge >= 0.3 is 0 Å². The van der Waals surface area contributed by atoms with Gasteiger partial charge in [-0.2, -0.15) is 5.10 Å². The quantitative estimate of drug-likeness (QED) is 0.582. The van der Waals surface area contributed by atoms with Crippen LogP contribution < -0.4 is 0 Å². The molecule has 0 saturated heterocycles. The van der Waals surface area contributed by atoms with Crippen LogP contribution in [0.1, 0.15) is 17.0 Å². The number of hydrogen-bond acceptors (Lipinski definition) is 6. The van der Waals surface area contributed by atoms with Gasteiger partial charge in [0.1, 0.15) is 5.03 Å². The summed E-state index contributed by atoms with van der Waals surface area (Å²) in [6, 6.07) is 8.43. The highest BCUT2D eigenvalue weighted by Crippen LogP contribution is 2.33. The van der Waals surface area contributed by atoms with E-state index in [9.17, 15) is 8.42 Å². The maximum atomic E-state index is 13.3. The molecule has 3 rings (SSSR count). The van der Waals surface area contributed by atoms with Crippen LogP contribution in [0.25, 0.3) is 5.65 Å². The van der Waals surface area contributed by atoms with Gasteiger partial charge in [0, 0.05) is 23.5 Å². The van der Waals surface area contributed by atoms with Gasteiger partial charge < -0.3 is 4.90 Å². The number of nitrogens with zero attached hydrogens (tertiary/aromatic N) is 4. The van der Waals surface area contributed by atoms with Crippen LogP contribution in [0.2, 0.25) is 0 Å². The fourth-order valence-corrected chi connectivity index (χ4v) is 5.37. The number of hydrogen-bond donors (Lipinski definition) is 0. The molecular formula is C18H23ClN4O2S2. The summed E-state index contributed by atoms with van der Waals surface area (Å²) in [5.41, 5.74) is 3.17. The van der Waals surface area contributed by atoms with E-state index in [0.29, 0.717) is 10.7 Å². The van der Waals surface area contributed by atoms with Crippen molar-refractivity contribution in [3.63, 3.8) is 0 Å². The third-order valence-electron chi connectivity index (χ3n) is 4.24. The molecule has 27 heavy (non-hydrogen) atoms. The second kappa shape index (κ2) is 8.18. The lowest BCUT2D eigenvalue weighted by Gasteiger charge is -2.15. The summed E-state index contributed by atoms with van der Waals surface area (Å²) in [5, 5.41) is 5.01. The van der Waals surface area contributed by atoms with Crippen molar-refractivity contribution in [2.24, 2.45) is 0 Å². The molecule has 0 spiro atoms. The number of aromatic nitrogens is 3. The van der Waals surface area contributed by atoms with E-state index < -0.39 is 9.84 Å². The largest absolute Gasteiger partial charge is 0.305 e. The molecule has 6 nitrogen and oxygen atoms in total. The van der Waals surface area contributed by atoms with Gasteiger partial charge in [0.15, 0.2) is 10.5 Å². The highest BCUT2D eigenvalue weighted by molar-refractivity contribution is 7.99. The van der Waals surface area contributed by atoms with Gasteiger partial charge in [0.2, 0.25) is 9.84 Å². The lowest BCUT2D eigenvalue weighted by atomic mass is 10.1. The van der Waals surface area contributed by atoms with E-state index >= 15 is 0 Å². The second-order valence-electron chi connectivity index (χ2n) is 6.39. The summed E-state index contributed by atoms with van der Waals surface area (Å²) in [6.07, 6.45) is 1.83. The van der Waals surface area contributed by atoms with E-state index in [1.54, 1.807) is 34.8 Å². The zero-order valence-corrected chi connectivity index (χ0v) is 18.4. The van der Waals surface area contributed by atoms with Crippen molar-refractivity contribution in [1.29, 1.82) is 0 Å². The predicted molar refractivity (Wildman–Crippen MR) is 111 cm³/mol. The average molecular weight is 427 g/mol. The van der Waals surface area contributed by atoms with Gasteiger partial charge in [0.05, 0.1) is 4.90 Å². The van der Waals surface area contributed by atoms with Crippen molar-refractivity contribution in [1.82, 2.24) is 19.5 Å². The van der Waals surface area contributed by atoms with Gasteiger partial charge in [0.25, 0.3) is 0 Å². The van der Waals surface area contributed by atoms with E-state index in [1.807, 2.05) is 34.2 Å². The number of aryl methyl sites for hydroxylation is 2. The van der Waals surface area contributed by atoms with Crippen LogP contribution in [-0.4, -0.2) is 48.3 Å². The van der Waals surface area contributed by atoms with Crippen molar-refractivity contribution in [3.8, 4) is 0 Å². The van der Waals surface area contributed by atoms with Crippen molar-refractivity contribution in [2.75, 3.05) is 20.4 Å². The van der Waals surface area contributed by atoms with Gasteiger partial charge in [-0.1, -0.05) is 18.2 Å². The summed E-state index contributed by atoms with van der Waals surface area (Å²) in [6.45, 7) is 4.59.